The number of thioether (sulfide) groups is 1. The maximum atomic E-state index is 12.7. The van der Waals surface area contributed by atoms with Gasteiger partial charge in [0.15, 0.2) is 5.78 Å². The lowest BCUT2D eigenvalue weighted by atomic mass is 9.85. The molecule has 1 aromatic heterocycles. The fourth-order valence-corrected chi connectivity index (χ4v) is 4.24. The van der Waals surface area contributed by atoms with E-state index in [9.17, 15) is 14.9 Å². The summed E-state index contributed by atoms with van der Waals surface area (Å²) < 4.78 is 1.62. The van der Waals surface area contributed by atoms with E-state index in [2.05, 4.69) is 15.4 Å². The lowest BCUT2D eigenvalue weighted by molar-refractivity contribution is -0.384. The SMILES string of the molecule is CCSc1nc2n(n1)C(c1cc([N+](=O)[O-])ccc1Cl)C1=C(CCCC1=O)N2. The zero-order chi connectivity index (χ0) is 19.1. The molecule has 8 nitrogen and oxygen atoms in total. The minimum Gasteiger partial charge on any atom is -0.328 e. The Morgan fingerprint density at radius 2 is 2.26 bits per heavy atom. The standard InChI is InChI=1S/C17H16ClN5O3S/c1-2-27-17-20-16-19-12-4-3-5-13(24)14(12)15(22(16)21-17)10-8-9(23(25)26)6-7-11(10)18/h6-8,15H,2-5H2,1H3,(H,19,20,21). The van der Waals surface area contributed by atoms with E-state index in [0.29, 0.717) is 40.1 Å². The van der Waals surface area contributed by atoms with Gasteiger partial charge in [-0.1, -0.05) is 30.3 Å². The van der Waals surface area contributed by atoms with Gasteiger partial charge in [-0.2, -0.15) is 4.98 Å². The molecule has 2 aromatic rings. The third-order valence-corrected chi connectivity index (χ3v) is 5.67. The van der Waals surface area contributed by atoms with Gasteiger partial charge in [0.25, 0.3) is 5.69 Å². The highest BCUT2D eigenvalue weighted by molar-refractivity contribution is 7.99. The Morgan fingerprint density at radius 3 is 3.00 bits per heavy atom. The minimum atomic E-state index is -0.629. The zero-order valence-corrected chi connectivity index (χ0v) is 16.0. The second-order valence-corrected chi connectivity index (χ2v) is 7.89. The molecule has 4 rings (SSSR count). The predicted octanol–water partition coefficient (Wildman–Crippen LogP) is 3.97. The number of rotatable bonds is 4. The Labute approximate surface area is 164 Å². The normalized spacial score (nSPS) is 18.7. The highest BCUT2D eigenvalue weighted by atomic mass is 35.5. The average molecular weight is 406 g/mol. The van der Waals surface area contributed by atoms with Crippen molar-refractivity contribution in [1.29, 1.82) is 0 Å². The molecule has 0 saturated heterocycles. The van der Waals surface area contributed by atoms with Crippen LogP contribution in [0.3, 0.4) is 0 Å². The number of nitro benzene ring substituents is 1. The number of carbonyl (C=O) groups is 1. The third-order valence-electron chi connectivity index (χ3n) is 4.61. The Bertz CT molecular complexity index is 987. The van der Waals surface area contributed by atoms with Crippen molar-refractivity contribution in [2.75, 3.05) is 11.1 Å². The van der Waals surface area contributed by atoms with E-state index < -0.39 is 11.0 Å². The summed E-state index contributed by atoms with van der Waals surface area (Å²) in [6, 6.07) is 3.63. The molecule has 1 unspecified atom stereocenters. The number of anilines is 1. The van der Waals surface area contributed by atoms with E-state index in [0.717, 1.165) is 17.9 Å². The Kier molecular flexibility index (Phi) is 4.65. The first kappa shape index (κ1) is 18.0. The first-order chi connectivity index (χ1) is 13.0. The van der Waals surface area contributed by atoms with Gasteiger partial charge >= 0.3 is 0 Å². The van der Waals surface area contributed by atoms with Crippen molar-refractivity contribution in [3.63, 3.8) is 0 Å². The molecular weight excluding hydrogens is 390 g/mol. The van der Waals surface area contributed by atoms with E-state index >= 15 is 0 Å². The van der Waals surface area contributed by atoms with Crippen molar-refractivity contribution < 1.29 is 9.72 Å². The first-order valence-corrected chi connectivity index (χ1v) is 9.92. The van der Waals surface area contributed by atoms with Crippen molar-refractivity contribution in [3.05, 3.63) is 50.2 Å². The molecule has 0 radical (unpaired) electrons. The van der Waals surface area contributed by atoms with Gasteiger partial charge in [-0.3, -0.25) is 14.9 Å². The molecule has 0 spiro atoms. The molecule has 2 heterocycles. The smallest absolute Gasteiger partial charge is 0.269 e. The monoisotopic (exact) mass is 405 g/mol. The minimum absolute atomic E-state index is 0.00201. The van der Waals surface area contributed by atoms with Crippen LogP contribution in [0.4, 0.5) is 11.6 Å². The number of Topliss-reactive ketones (excluding diaryl/α,β-unsaturated/α-hetero) is 1. The number of hydrogen-bond acceptors (Lipinski definition) is 7. The number of non-ortho nitro benzene ring substituents is 1. The maximum absolute atomic E-state index is 12.7. The molecule has 10 heteroatoms. The van der Waals surface area contributed by atoms with Gasteiger partial charge in [-0.25, -0.2) is 4.68 Å². The topological polar surface area (TPSA) is 103 Å². The summed E-state index contributed by atoms with van der Waals surface area (Å²) in [5.41, 5.74) is 1.76. The number of benzene rings is 1. The van der Waals surface area contributed by atoms with Crippen LogP contribution in [0.5, 0.6) is 0 Å². The molecule has 0 bridgehead atoms. The van der Waals surface area contributed by atoms with Crippen LogP contribution in [0.2, 0.25) is 5.02 Å². The number of hydrogen-bond donors (Lipinski definition) is 1. The quantitative estimate of drug-likeness (QED) is 0.466. The van der Waals surface area contributed by atoms with Crippen LogP contribution in [0.15, 0.2) is 34.6 Å². The van der Waals surface area contributed by atoms with E-state index in [1.165, 1.54) is 30.0 Å². The van der Waals surface area contributed by atoms with E-state index in [1.807, 2.05) is 6.92 Å². The first-order valence-electron chi connectivity index (χ1n) is 8.56. The number of fused-ring (bicyclic) bond motifs is 1. The summed E-state index contributed by atoms with van der Waals surface area (Å²) in [7, 11) is 0. The molecule has 1 aliphatic heterocycles. The molecule has 1 N–H and O–H groups in total. The number of nitrogens with one attached hydrogen (secondary N) is 1. The van der Waals surface area contributed by atoms with Crippen LogP contribution >= 0.6 is 23.4 Å². The van der Waals surface area contributed by atoms with Crippen LogP contribution < -0.4 is 5.32 Å². The molecule has 0 fully saturated rings. The number of carbonyl (C=O) groups excluding carboxylic acids is 1. The lowest BCUT2D eigenvalue weighted by Crippen LogP contribution is -2.31. The van der Waals surface area contributed by atoms with Gasteiger partial charge in [0.1, 0.15) is 6.04 Å². The Hall–Kier alpha value is -2.39. The van der Waals surface area contributed by atoms with Crippen LogP contribution in [0, 0.1) is 10.1 Å². The van der Waals surface area contributed by atoms with Crippen LogP contribution in [-0.4, -0.2) is 31.2 Å². The molecular formula is C17H16ClN5O3S. The van der Waals surface area contributed by atoms with E-state index in [-0.39, 0.29) is 11.5 Å². The molecule has 1 aromatic carbocycles. The van der Waals surface area contributed by atoms with Crippen LogP contribution in [-0.2, 0) is 4.79 Å². The van der Waals surface area contributed by atoms with Gasteiger partial charge in [0.05, 0.1) is 4.92 Å². The van der Waals surface area contributed by atoms with Crippen molar-refractivity contribution in [2.24, 2.45) is 0 Å². The molecule has 1 atom stereocenters. The summed E-state index contributed by atoms with van der Waals surface area (Å²) in [5.74, 6) is 1.33. The summed E-state index contributed by atoms with van der Waals surface area (Å²) in [6.07, 6.45) is 1.90. The lowest BCUT2D eigenvalue weighted by Gasteiger charge is -2.32. The maximum Gasteiger partial charge on any atom is 0.269 e. The van der Waals surface area contributed by atoms with Gasteiger partial charge in [-0.15, -0.1) is 5.10 Å². The van der Waals surface area contributed by atoms with Crippen LogP contribution in [0.25, 0.3) is 0 Å². The molecule has 1 aliphatic carbocycles. The Balaban J connectivity index is 1.93. The van der Waals surface area contributed by atoms with Gasteiger partial charge in [-0.05, 0) is 24.7 Å². The second kappa shape index (κ2) is 6.97. The third kappa shape index (κ3) is 3.10. The molecule has 0 amide bonds. The van der Waals surface area contributed by atoms with Crippen molar-refractivity contribution >= 4 is 40.8 Å². The predicted molar refractivity (Wildman–Crippen MR) is 102 cm³/mol. The Morgan fingerprint density at radius 1 is 1.44 bits per heavy atom. The van der Waals surface area contributed by atoms with Crippen molar-refractivity contribution in [3.8, 4) is 0 Å². The van der Waals surface area contributed by atoms with Gasteiger partial charge < -0.3 is 5.32 Å². The molecule has 2 aliphatic rings. The molecule has 27 heavy (non-hydrogen) atoms. The number of allylic oxidation sites excluding steroid dienone is 2. The fourth-order valence-electron chi connectivity index (χ4n) is 3.47. The number of ketones is 1. The number of halogens is 1. The van der Waals surface area contributed by atoms with Crippen molar-refractivity contribution in [1.82, 2.24) is 14.8 Å². The van der Waals surface area contributed by atoms with E-state index in [4.69, 9.17) is 11.6 Å². The summed E-state index contributed by atoms with van der Waals surface area (Å²) in [6.45, 7) is 2.00. The largest absolute Gasteiger partial charge is 0.328 e. The average Bonchev–Trinajstić information content (AvgIpc) is 3.03. The van der Waals surface area contributed by atoms with Crippen molar-refractivity contribution in [2.45, 2.75) is 37.4 Å². The summed E-state index contributed by atoms with van der Waals surface area (Å²) >= 11 is 7.89. The number of aromatic nitrogens is 3. The second-order valence-electron chi connectivity index (χ2n) is 6.25. The van der Waals surface area contributed by atoms with Crippen LogP contribution in [0.1, 0.15) is 37.8 Å². The molecule has 0 saturated carbocycles. The number of nitro groups is 1. The van der Waals surface area contributed by atoms with Gasteiger partial charge in [0, 0.05) is 40.4 Å². The summed E-state index contributed by atoms with van der Waals surface area (Å²) in [5, 5.41) is 19.9. The fraction of sp³-hybridized carbons (Fsp3) is 0.353. The van der Waals surface area contributed by atoms with E-state index in [1.54, 1.807) is 4.68 Å². The summed E-state index contributed by atoms with van der Waals surface area (Å²) in [4.78, 5) is 28.0. The van der Waals surface area contributed by atoms with Gasteiger partial charge in [0.2, 0.25) is 11.1 Å². The molecule has 140 valence electrons. The number of nitrogens with zero attached hydrogens (tertiary/aromatic N) is 4. The zero-order valence-electron chi connectivity index (χ0n) is 14.4. The highest BCUT2D eigenvalue weighted by Gasteiger charge is 2.38. The highest BCUT2D eigenvalue weighted by Crippen LogP contribution is 2.43.